The number of hydrogen-bond donors (Lipinski definition) is 0. The van der Waals surface area contributed by atoms with Crippen LogP contribution >= 0.6 is 11.6 Å². The maximum absolute atomic E-state index is 6.20. The van der Waals surface area contributed by atoms with Gasteiger partial charge in [0.2, 0.25) is 0 Å². The molecular formula is C14H17Cl. The van der Waals surface area contributed by atoms with Crippen LogP contribution in [0, 0.1) is 0 Å². The van der Waals surface area contributed by atoms with Gasteiger partial charge in [0.05, 0.1) is 0 Å². The monoisotopic (exact) mass is 220 g/mol. The van der Waals surface area contributed by atoms with Gasteiger partial charge in [0.15, 0.2) is 0 Å². The second kappa shape index (κ2) is 3.83. The van der Waals surface area contributed by atoms with E-state index in [9.17, 15) is 0 Å². The van der Waals surface area contributed by atoms with Gasteiger partial charge in [-0.1, -0.05) is 30.5 Å². The normalized spacial score (nSPS) is 22.2. The summed E-state index contributed by atoms with van der Waals surface area (Å²) in [6.45, 7) is 0. The van der Waals surface area contributed by atoms with Crippen LogP contribution in [-0.2, 0) is 0 Å². The first-order chi connectivity index (χ1) is 7.33. The van der Waals surface area contributed by atoms with E-state index in [1.807, 2.05) is 0 Å². The van der Waals surface area contributed by atoms with Crippen LogP contribution < -0.4 is 0 Å². The SMILES string of the molecule is Clc1cc(C2CCC2)cc(C2CCC2)c1. The lowest BCUT2D eigenvalue weighted by Crippen LogP contribution is -2.12. The smallest absolute Gasteiger partial charge is 0.0411 e. The zero-order chi connectivity index (χ0) is 10.3. The van der Waals surface area contributed by atoms with Gasteiger partial charge in [-0.15, -0.1) is 0 Å². The van der Waals surface area contributed by atoms with Crippen molar-refractivity contribution in [2.24, 2.45) is 0 Å². The van der Waals surface area contributed by atoms with Gasteiger partial charge in [-0.25, -0.2) is 0 Å². The highest BCUT2D eigenvalue weighted by molar-refractivity contribution is 6.30. The van der Waals surface area contributed by atoms with Gasteiger partial charge in [-0.2, -0.15) is 0 Å². The van der Waals surface area contributed by atoms with E-state index in [4.69, 9.17) is 11.6 Å². The molecule has 0 atom stereocenters. The Morgan fingerprint density at radius 2 is 1.27 bits per heavy atom. The molecule has 0 N–H and O–H groups in total. The lowest BCUT2D eigenvalue weighted by molar-refractivity contribution is 0.409. The minimum absolute atomic E-state index is 0.808. The molecule has 2 saturated carbocycles. The van der Waals surface area contributed by atoms with Gasteiger partial charge >= 0.3 is 0 Å². The second-order valence-corrected chi connectivity index (χ2v) is 5.51. The minimum Gasteiger partial charge on any atom is -0.0843 e. The fourth-order valence-corrected chi connectivity index (χ4v) is 2.84. The van der Waals surface area contributed by atoms with Gasteiger partial charge in [0.1, 0.15) is 0 Å². The van der Waals surface area contributed by atoms with E-state index in [1.54, 1.807) is 0 Å². The Morgan fingerprint density at radius 1 is 0.800 bits per heavy atom. The molecule has 0 amide bonds. The maximum atomic E-state index is 6.20. The second-order valence-electron chi connectivity index (χ2n) is 5.07. The largest absolute Gasteiger partial charge is 0.0843 e. The highest BCUT2D eigenvalue weighted by Crippen LogP contribution is 2.42. The van der Waals surface area contributed by atoms with Gasteiger partial charge in [0.25, 0.3) is 0 Å². The van der Waals surface area contributed by atoms with E-state index >= 15 is 0 Å². The molecule has 0 saturated heterocycles. The van der Waals surface area contributed by atoms with Crippen molar-refractivity contribution in [2.75, 3.05) is 0 Å². The topological polar surface area (TPSA) is 0 Å². The molecule has 0 aliphatic heterocycles. The molecule has 15 heavy (non-hydrogen) atoms. The molecule has 1 aromatic carbocycles. The van der Waals surface area contributed by atoms with Gasteiger partial charge in [0, 0.05) is 5.02 Å². The van der Waals surface area contributed by atoms with E-state index in [-0.39, 0.29) is 0 Å². The van der Waals surface area contributed by atoms with Crippen molar-refractivity contribution in [3.8, 4) is 0 Å². The average Bonchev–Trinajstić information content (AvgIpc) is 1.95. The number of halogens is 1. The Morgan fingerprint density at radius 3 is 1.60 bits per heavy atom. The van der Waals surface area contributed by atoms with E-state index < -0.39 is 0 Å². The van der Waals surface area contributed by atoms with Crippen LogP contribution in [0.25, 0.3) is 0 Å². The predicted molar refractivity (Wildman–Crippen MR) is 64.6 cm³/mol. The summed E-state index contributed by atoms with van der Waals surface area (Å²) in [5.41, 5.74) is 2.99. The van der Waals surface area contributed by atoms with Crippen LogP contribution in [0.3, 0.4) is 0 Å². The van der Waals surface area contributed by atoms with Crippen LogP contribution in [0.1, 0.15) is 61.5 Å². The molecule has 0 spiro atoms. The van der Waals surface area contributed by atoms with Crippen molar-refractivity contribution >= 4 is 11.6 Å². The molecule has 2 aliphatic rings. The maximum Gasteiger partial charge on any atom is 0.0411 e. The van der Waals surface area contributed by atoms with Crippen molar-refractivity contribution in [1.82, 2.24) is 0 Å². The summed E-state index contributed by atoms with van der Waals surface area (Å²) in [7, 11) is 0. The van der Waals surface area contributed by atoms with Crippen molar-refractivity contribution in [3.05, 3.63) is 34.3 Å². The third-order valence-electron chi connectivity index (χ3n) is 4.10. The highest BCUT2D eigenvalue weighted by atomic mass is 35.5. The Balaban J connectivity index is 1.89. The molecule has 0 radical (unpaired) electrons. The van der Waals surface area contributed by atoms with Crippen molar-refractivity contribution in [2.45, 2.75) is 50.4 Å². The molecule has 80 valence electrons. The van der Waals surface area contributed by atoms with E-state index in [2.05, 4.69) is 18.2 Å². The molecule has 0 bridgehead atoms. The molecule has 0 nitrogen and oxygen atoms in total. The lowest BCUT2D eigenvalue weighted by atomic mass is 9.76. The standard InChI is InChI=1S/C14H17Cl/c15-14-8-12(10-3-1-4-10)7-13(9-14)11-5-2-6-11/h7-11H,1-6H2. The van der Waals surface area contributed by atoms with Crippen LogP contribution in [0.5, 0.6) is 0 Å². The number of hydrogen-bond acceptors (Lipinski definition) is 0. The summed E-state index contributed by atoms with van der Waals surface area (Å²) in [5, 5.41) is 0.946. The van der Waals surface area contributed by atoms with Crippen molar-refractivity contribution in [3.63, 3.8) is 0 Å². The Labute approximate surface area is 96.6 Å². The van der Waals surface area contributed by atoms with E-state index in [0.717, 1.165) is 16.9 Å². The first kappa shape index (κ1) is 9.72. The van der Waals surface area contributed by atoms with Crippen LogP contribution in [0.2, 0.25) is 5.02 Å². The van der Waals surface area contributed by atoms with Crippen LogP contribution in [0.15, 0.2) is 18.2 Å². The van der Waals surface area contributed by atoms with Crippen LogP contribution in [-0.4, -0.2) is 0 Å². The zero-order valence-corrected chi connectivity index (χ0v) is 9.76. The van der Waals surface area contributed by atoms with E-state index in [0.29, 0.717) is 0 Å². The summed E-state index contributed by atoms with van der Waals surface area (Å²) in [6, 6.07) is 6.76. The molecule has 0 unspecified atom stereocenters. The molecule has 0 aromatic heterocycles. The summed E-state index contributed by atoms with van der Waals surface area (Å²) < 4.78 is 0. The molecular weight excluding hydrogens is 204 g/mol. The fraction of sp³-hybridized carbons (Fsp3) is 0.571. The van der Waals surface area contributed by atoms with Crippen molar-refractivity contribution < 1.29 is 0 Å². The number of benzene rings is 1. The summed E-state index contributed by atoms with van der Waals surface area (Å²) in [4.78, 5) is 0. The predicted octanol–water partition coefficient (Wildman–Crippen LogP) is 4.88. The molecule has 1 heteroatoms. The van der Waals surface area contributed by atoms with E-state index in [1.165, 1.54) is 49.7 Å². The molecule has 2 fully saturated rings. The highest BCUT2D eigenvalue weighted by Gasteiger charge is 2.24. The average molecular weight is 221 g/mol. The molecule has 2 aliphatic carbocycles. The van der Waals surface area contributed by atoms with Gasteiger partial charge in [-0.3, -0.25) is 0 Å². The summed E-state index contributed by atoms with van der Waals surface area (Å²) >= 11 is 6.20. The third-order valence-corrected chi connectivity index (χ3v) is 4.31. The quantitative estimate of drug-likeness (QED) is 0.667. The molecule has 3 rings (SSSR count). The fourth-order valence-electron chi connectivity index (χ4n) is 2.59. The Bertz CT molecular complexity index is 329. The lowest BCUT2D eigenvalue weighted by Gasteiger charge is -2.30. The summed E-state index contributed by atoms with van der Waals surface area (Å²) in [5.74, 6) is 1.62. The number of rotatable bonds is 2. The Kier molecular flexibility index (Phi) is 2.48. The molecule has 1 aromatic rings. The molecule has 0 heterocycles. The summed E-state index contributed by atoms with van der Waals surface area (Å²) in [6.07, 6.45) is 8.26. The first-order valence-corrected chi connectivity index (χ1v) is 6.51. The van der Waals surface area contributed by atoms with Gasteiger partial charge < -0.3 is 0 Å². The Hall–Kier alpha value is -0.490. The van der Waals surface area contributed by atoms with Crippen LogP contribution in [0.4, 0.5) is 0 Å². The van der Waals surface area contributed by atoms with Crippen molar-refractivity contribution in [1.29, 1.82) is 0 Å². The third kappa shape index (κ3) is 1.80. The first-order valence-electron chi connectivity index (χ1n) is 6.13. The minimum atomic E-state index is 0.808. The zero-order valence-electron chi connectivity index (χ0n) is 9.01. The van der Waals surface area contributed by atoms with Gasteiger partial charge in [-0.05, 0) is 60.8 Å².